The Hall–Kier alpha value is 0.240. The topological polar surface area (TPSA) is 34.1 Å². The second-order valence-corrected chi connectivity index (χ2v) is 7.85. The molecule has 1 fully saturated rings. The SMILES string of the molecule is CCC1CCCCC(S(=O)(=O)Cl)CCCC1. The fourth-order valence-corrected chi connectivity index (χ4v) is 4.02. The molecule has 1 rings (SSSR count). The maximum absolute atomic E-state index is 11.3. The van der Waals surface area contributed by atoms with E-state index in [-0.39, 0.29) is 5.25 Å². The lowest BCUT2D eigenvalue weighted by Gasteiger charge is -2.19. The van der Waals surface area contributed by atoms with Gasteiger partial charge in [0.15, 0.2) is 0 Å². The molecule has 4 heteroatoms. The minimum Gasteiger partial charge on any atom is -0.212 e. The van der Waals surface area contributed by atoms with E-state index in [2.05, 4.69) is 6.92 Å². The lowest BCUT2D eigenvalue weighted by atomic mass is 9.90. The normalized spacial score (nSPS) is 29.9. The highest BCUT2D eigenvalue weighted by atomic mass is 35.7. The van der Waals surface area contributed by atoms with Crippen LogP contribution in [-0.4, -0.2) is 13.7 Å². The number of hydrogen-bond donors (Lipinski definition) is 0. The van der Waals surface area contributed by atoms with E-state index < -0.39 is 9.05 Å². The molecule has 0 unspecified atom stereocenters. The summed E-state index contributed by atoms with van der Waals surface area (Å²) in [6.45, 7) is 2.25. The molecule has 0 aliphatic heterocycles. The van der Waals surface area contributed by atoms with E-state index in [1.54, 1.807) is 0 Å². The van der Waals surface area contributed by atoms with E-state index in [9.17, 15) is 8.42 Å². The van der Waals surface area contributed by atoms with Gasteiger partial charge in [-0.3, -0.25) is 0 Å². The summed E-state index contributed by atoms with van der Waals surface area (Å²) in [6.07, 6.45) is 9.60. The van der Waals surface area contributed by atoms with Crippen molar-refractivity contribution in [3.05, 3.63) is 0 Å². The quantitative estimate of drug-likeness (QED) is 0.706. The number of hydrogen-bond acceptors (Lipinski definition) is 2. The van der Waals surface area contributed by atoms with Gasteiger partial charge in [0.2, 0.25) is 9.05 Å². The zero-order valence-corrected chi connectivity index (χ0v) is 11.7. The van der Waals surface area contributed by atoms with Crippen LogP contribution in [0.25, 0.3) is 0 Å². The predicted octanol–water partition coefficient (Wildman–Crippen LogP) is 4.08. The third-order valence-electron chi connectivity index (χ3n) is 3.75. The first-order valence-electron chi connectivity index (χ1n) is 6.47. The van der Waals surface area contributed by atoms with E-state index >= 15 is 0 Å². The molecule has 0 saturated heterocycles. The average molecular weight is 267 g/mol. The van der Waals surface area contributed by atoms with E-state index in [1.165, 1.54) is 19.3 Å². The molecule has 16 heavy (non-hydrogen) atoms. The van der Waals surface area contributed by atoms with Crippen LogP contribution in [0.4, 0.5) is 0 Å². The summed E-state index contributed by atoms with van der Waals surface area (Å²) in [5.41, 5.74) is 0. The minimum absolute atomic E-state index is 0.299. The average Bonchev–Trinajstić information content (AvgIpc) is 2.23. The molecule has 1 saturated carbocycles. The first-order valence-corrected chi connectivity index (χ1v) is 8.84. The van der Waals surface area contributed by atoms with Crippen molar-refractivity contribution in [1.29, 1.82) is 0 Å². The predicted molar refractivity (Wildman–Crippen MR) is 69.3 cm³/mol. The summed E-state index contributed by atoms with van der Waals surface area (Å²) in [4.78, 5) is 0. The second kappa shape index (κ2) is 6.85. The Bertz CT molecular complexity index is 275. The van der Waals surface area contributed by atoms with Crippen LogP contribution in [0, 0.1) is 5.92 Å². The molecule has 0 aromatic rings. The van der Waals surface area contributed by atoms with Gasteiger partial charge in [-0.1, -0.05) is 51.9 Å². The molecule has 1 aliphatic carbocycles. The van der Waals surface area contributed by atoms with Crippen molar-refractivity contribution in [2.75, 3.05) is 0 Å². The Labute approximate surface area is 104 Å². The van der Waals surface area contributed by atoms with Gasteiger partial charge in [0, 0.05) is 10.7 Å². The van der Waals surface area contributed by atoms with Crippen LogP contribution in [0.15, 0.2) is 0 Å². The van der Waals surface area contributed by atoms with Crippen molar-refractivity contribution in [2.24, 2.45) is 5.92 Å². The van der Waals surface area contributed by atoms with E-state index in [0.29, 0.717) is 0 Å². The summed E-state index contributed by atoms with van der Waals surface area (Å²) >= 11 is 0. The zero-order chi connectivity index (χ0) is 12.0. The summed E-state index contributed by atoms with van der Waals surface area (Å²) < 4.78 is 22.7. The molecule has 0 bridgehead atoms. The molecular weight excluding hydrogens is 244 g/mol. The fourth-order valence-electron chi connectivity index (χ4n) is 2.59. The van der Waals surface area contributed by atoms with Crippen molar-refractivity contribution in [3.8, 4) is 0 Å². The molecule has 0 aromatic carbocycles. The second-order valence-electron chi connectivity index (χ2n) is 4.94. The third-order valence-corrected chi connectivity index (χ3v) is 5.78. The highest BCUT2D eigenvalue weighted by Crippen LogP contribution is 2.27. The van der Waals surface area contributed by atoms with Crippen LogP contribution >= 0.6 is 10.7 Å². The molecular formula is C12H23ClO2S. The Morgan fingerprint density at radius 1 is 1.00 bits per heavy atom. The van der Waals surface area contributed by atoms with Crippen molar-refractivity contribution < 1.29 is 8.42 Å². The molecule has 96 valence electrons. The fraction of sp³-hybridized carbons (Fsp3) is 1.00. The summed E-state index contributed by atoms with van der Waals surface area (Å²) in [5, 5.41) is -0.299. The van der Waals surface area contributed by atoms with Crippen LogP contribution in [0.1, 0.15) is 64.7 Å². The molecule has 0 radical (unpaired) electrons. The first kappa shape index (κ1) is 14.3. The van der Waals surface area contributed by atoms with Gasteiger partial charge in [0.05, 0.1) is 5.25 Å². The molecule has 0 N–H and O–H groups in total. The molecule has 2 nitrogen and oxygen atoms in total. The van der Waals surface area contributed by atoms with Crippen LogP contribution < -0.4 is 0 Å². The lowest BCUT2D eigenvalue weighted by Crippen LogP contribution is -2.17. The molecule has 0 heterocycles. The largest absolute Gasteiger partial charge is 0.235 e. The Morgan fingerprint density at radius 3 is 1.81 bits per heavy atom. The van der Waals surface area contributed by atoms with E-state index in [4.69, 9.17) is 10.7 Å². The number of halogens is 1. The molecule has 0 amide bonds. The summed E-state index contributed by atoms with van der Waals surface area (Å²) in [6, 6.07) is 0. The van der Waals surface area contributed by atoms with E-state index in [0.717, 1.165) is 44.4 Å². The lowest BCUT2D eigenvalue weighted by molar-refractivity contribution is 0.380. The smallest absolute Gasteiger partial charge is 0.212 e. The third kappa shape index (κ3) is 5.05. The van der Waals surface area contributed by atoms with Gasteiger partial charge in [-0.05, 0) is 18.8 Å². The van der Waals surface area contributed by atoms with Crippen LogP contribution in [0.2, 0.25) is 0 Å². The first-order chi connectivity index (χ1) is 7.54. The van der Waals surface area contributed by atoms with Gasteiger partial charge in [-0.25, -0.2) is 8.42 Å². The summed E-state index contributed by atoms with van der Waals surface area (Å²) in [5.74, 6) is 0.851. The van der Waals surface area contributed by atoms with Gasteiger partial charge in [-0.15, -0.1) is 0 Å². The van der Waals surface area contributed by atoms with Crippen molar-refractivity contribution in [3.63, 3.8) is 0 Å². The maximum atomic E-state index is 11.3. The molecule has 0 atom stereocenters. The maximum Gasteiger partial charge on any atom is 0.235 e. The van der Waals surface area contributed by atoms with E-state index in [1.807, 2.05) is 0 Å². The Morgan fingerprint density at radius 2 is 1.44 bits per heavy atom. The van der Waals surface area contributed by atoms with Crippen molar-refractivity contribution in [2.45, 2.75) is 70.0 Å². The van der Waals surface area contributed by atoms with Gasteiger partial charge in [-0.2, -0.15) is 0 Å². The molecule has 1 aliphatic rings. The standard InChI is InChI=1S/C12H23ClO2S/c1-2-11-7-3-5-9-12(16(13,14)15)10-6-4-8-11/h11-12H,2-10H2,1H3. The van der Waals surface area contributed by atoms with Crippen molar-refractivity contribution >= 4 is 19.7 Å². The Kier molecular flexibility index (Phi) is 6.12. The molecule has 0 aromatic heterocycles. The van der Waals surface area contributed by atoms with Crippen LogP contribution in [0.5, 0.6) is 0 Å². The van der Waals surface area contributed by atoms with Crippen molar-refractivity contribution in [1.82, 2.24) is 0 Å². The van der Waals surface area contributed by atoms with Crippen LogP contribution in [0.3, 0.4) is 0 Å². The zero-order valence-electron chi connectivity index (χ0n) is 10.1. The van der Waals surface area contributed by atoms with Gasteiger partial charge in [0.25, 0.3) is 0 Å². The van der Waals surface area contributed by atoms with Gasteiger partial charge < -0.3 is 0 Å². The summed E-state index contributed by atoms with van der Waals surface area (Å²) in [7, 11) is 2.12. The van der Waals surface area contributed by atoms with Gasteiger partial charge >= 0.3 is 0 Å². The van der Waals surface area contributed by atoms with Gasteiger partial charge in [0.1, 0.15) is 0 Å². The highest BCUT2D eigenvalue weighted by Gasteiger charge is 2.23. The number of rotatable bonds is 2. The van der Waals surface area contributed by atoms with Crippen LogP contribution in [-0.2, 0) is 9.05 Å². The highest BCUT2D eigenvalue weighted by molar-refractivity contribution is 8.14. The molecule has 0 spiro atoms. The minimum atomic E-state index is -3.34. The Balaban J connectivity index is 2.48. The monoisotopic (exact) mass is 266 g/mol.